The van der Waals surface area contributed by atoms with Gasteiger partial charge in [0, 0.05) is 13.7 Å². The number of aryl methyl sites for hydroxylation is 1. The van der Waals surface area contributed by atoms with Gasteiger partial charge < -0.3 is 15.2 Å². The van der Waals surface area contributed by atoms with Gasteiger partial charge in [-0.2, -0.15) is 0 Å². The summed E-state index contributed by atoms with van der Waals surface area (Å²) in [6.45, 7) is 3.26. The van der Waals surface area contributed by atoms with E-state index in [1.807, 2.05) is 18.2 Å². The summed E-state index contributed by atoms with van der Waals surface area (Å²) in [7, 11) is 1.71. The van der Waals surface area contributed by atoms with Crippen LogP contribution in [0.5, 0.6) is 5.75 Å². The Kier molecular flexibility index (Phi) is 5.78. The van der Waals surface area contributed by atoms with Crippen molar-refractivity contribution in [3.05, 3.63) is 65.2 Å². The highest BCUT2D eigenvalue weighted by atomic mass is 16.5. The Balaban J connectivity index is 2.04. The number of benzene rings is 2. The molecule has 0 aromatic heterocycles. The quantitative estimate of drug-likeness (QED) is 0.849. The third-order valence-corrected chi connectivity index (χ3v) is 3.42. The van der Waals surface area contributed by atoms with E-state index < -0.39 is 0 Å². The average Bonchev–Trinajstić information content (AvgIpc) is 2.51. The smallest absolute Gasteiger partial charge is 0.136 e. The van der Waals surface area contributed by atoms with Crippen LogP contribution in [-0.4, -0.2) is 20.3 Å². The van der Waals surface area contributed by atoms with Crippen LogP contribution >= 0.6 is 0 Å². The Labute approximate surface area is 126 Å². The standard InChI is InChI=1S/C18H23NO2/c1-14-4-3-5-16(12-14)18(13-19)21-17-8-6-15(7-9-17)10-11-20-2/h3-9,12,18H,10-11,13,19H2,1-2H3. The van der Waals surface area contributed by atoms with Crippen LogP contribution in [0.3, 0.4) is 0 Å². The van der Waals surface area contributed by atoms with Gasteiger partial charge in [0.15, 0.2) is 0 Å². The van der Waals surface area contributed by atoms with Gasteiger partial charge in [-0.15, -0.1) is 0 Å². The molecule has 2 aromatic carbocycles. The van der Waals surface area contributed by atoms with Crippen LogP contribution in [-0.2, 0) is 11.2 Å². The molecule has 0 spiro atoms. The van der Waals surface area contributed by atoms with Gasteiger partial charge in [-0.05, 0) is 36.6 Å². The van der Waals surface area contributed by atoms with E-state index in [1.165, 1.54) is 11.1 Å². The topological polar surface area (TPSA) is 44.5 Å². The summed E-state index contributed by atoms with van der Waals surface area (Å²) in [5.41, 5.74) is 9.42. The van der Waals surface area contributed by atoms with Crippen LogP contribution in [0.1, 0.15) is 22.8 Å². The first-order valence-electron chi connectivity index (χ1n) is 7.24. The van der Waals surface area contributed by atoms with Gasteiger partial charge in [0.2, 0.25) is 0 Å². The number of nitrogens with two attached hydrogens (primary N) is 1. The highest BCUT2D eigenvalue weighted by Gasteiger charge is 2.11. The lowest BCUT2D eigenvalue weighted by Crippen LogP contribution is -2.18. The minimum Gasteiger partial charge on any atom is -0.484 e. The molecule has 0 aliphatic carbocycles. The maximum absolute atomic E-state index is 6.01. The van der Waals surface area contributed by atoms with Crippen LogP contribution in [0.2, 0.25) is 0 Å². The monoisotopic (exact) mass is 285 g/mol. The summed E-state index contributed by atoms with van der Waals surface area (Å²) in [5, 5.41) is 0. The van der Waals surface area contributed by atoms with Crippen molar-refractivity contribution in [1.82, 2.24) is 0 Å². The Morgan fingerprint density at radius 3 is 2.48 bits per heavy atom. The predicted octanol–water partition coefficient (Wildman–Crippen LogP) is 3.26. The Morgan fingerprint density at radius 1 is 1.10 bits per heavy atom. The molecule has 0 saturated carbocycles. The summed E-state index contributed by atoms with van der Waals surface area (Å²) in [5.74, 6) is 0.841. The summed E-state index contributed by atoms with van der Waals surface area (Å²) < 4.78 is 11.1. The summed E-state index contributed by atoms with van der Waals surface area (Å²) in [6, 6.07) is 16.4. The first-order chi connectivity index (χ1) is 10.2. The number of hydrogen-bond donors (Lipinski definition) is 1. The SMILES string of the molecule is COCCc1ccc(OC(CN)c2cccc(C)c2)cc1. The molecule has 0 heterocycles. The normalized spacial score (nSPS) is 12.1. The highest BCUT2D eigenvalue weighted by molar-refractivity contribution is 5.30. The molecule has 0 bridgehead atoms. The van der Waals surface area contributed by atoms with Crippen molar-refractivity contribution >= 4 is 0 Å². The molecule has 0 aliphatic heterocycles. The Morgan fingerprint density at radius 2 is 1.86 bits per heavy atom. The minimum absolute atomic E-state index is 0.116. The van der Waals surface area contributed by atoms with Crippen molar-refractivity contribution in [3.63, 3.8) is 0 Å². The van der Waals surface area contributed by atoms with Crippen LogP contribution in [0.25, 0.3) is 0 Å². The maximum atomic E-state index is 6.01. The molecule has 1 unspecified atom stereocenters. The molecule has 0 radical (unpaired) electrons. The molecular weight excluding hydrogens is 262 g/mol. The molecule has 112 valence electrons. The van der Waals surface area contributed by atoms with E-state index in [4.69, 9.17) is 15.2 Å². The van der Waals surface area contributed by atoms with E-state index in [1.54, 1.807) is 7.11 Å². The van der Waals surface area contributed by atoms with E-state index in [0.717, 1.165) is 24.3 Å². The number of hydrogen-bond acceptors (Lipinski definition) is 3. The second-order valence-corrected chi connectivity index (χ2v) is 5.14. The van der Waals surface area contributed by atoms with Crippen molar-refractivity contribution in [2.24, 2.45) is 5.73 Å². The lowest BCUT2D eigenvalue weighted by Gasteiger charge is -2.18. The fourth-order valence-electron chi connectivity index (χ4n) is 2.24. The van der Waals surface area contributed by atoms with Gasteiger partial charge >= 0.3 is 0 Å². The van der Waals surface area contributed by atoms with Crippen molar-refractivity contribution in [3.8, 4) is 5.75 Å². The minimum atomic E-state index is -0.116. The summed E-state index contributed by atoms with van der Waals surface area (Å²) in [6.07, 6.45) is 0.796. The van der Waals surface area contributed by atoms with E-state index in [-0.39, 0.29) is 6.10 Å². The molecule has 3 heteroatoms. The average molecular weight is 285 g/mol. The van der Waals surface area contributed by atoms with Crippen molar-refractivity contribution in [2.45, 2.75) is 19.4 Å². The molecule has 2 N–H and O–H groups in total. The van der Waals surface area contributed by atoms with Crippen molar-refractivity contribution in [1.29, 1.82) is 0 Å². The lowest BCUT2D eigenvalue weighted by molar-refractivity contribution is 0.202. The zero-order valence-electron chi connectivity index (χ0n) is 12.7. The summed E-state index contributed by atoms with van der Waals surface area (Å²) in [4.78, 5) is 0. The highest BCUT2D eigenvalue weighted by Crippen LogP contribution is 2.22. The molecule has 0 fully saturated rings. The number of methoxy groups -OCH3 is 1. The van der Waals surface area contributed by atoms with Crippen molar-refractivity contribution < 1.29 is 9.47 Å². The molecule has 2 rings (SSSR count). The lowest BCUT2D eigenvalue weighted by atomic mass is 10.1. The molecule has 2 aromatic rings. The maximum Gasteiger partial charge on any atom is 0.136 e. The van der Waals surface area contributed by atoms with Gasteiger partial charge in [0.25, 0.3) is 0 Å². The van der Waals surface area contributed by atoms with Gasteiger partial charge in [0.05, 0.1) is 6.61 Å². The largest absolute Gasteiger partial charge is 0.484 e. The molecule has 0 saturated heterocycles. The summed E-state index contributed by atoms with van der Waals surface area (Å²) >= 11 is 0. The third kappa shape index (κ3) is 4.59. The van der Waals surface area contributed by atoms with Gasteiger partial charge in [0.1, 0.15) is 11.9 Å². The first kappa shape index (κ1) is 15.5. The third-order valence-electron chi connectivity index (χ3n) is 3.42. The molecule has 21 heavy (non-hydrogen) atoms. The van der Waals surface area contributed by atoms with Gasteiger partial charge in [-0.1, -0.05) is 42.0 Å². The predicted molar refractivity (Wildman–Crippen MR) is 85.6 cm³/mol. The van der Waals surface area contributed by atoms with E-state index in [2.05, 4.69) is 37.3 Å². The van der Waals surface area contributed by atoms with Crippen molar-refractivity contribution in [2.75, 3.05) is 20.3 Å². The van der Waals surface area contributed by atoms with E-state index in [0.29, 0.717) is 6.54 Å². The fourth-order valence-corrected chi connectivity index (χ4v) is 2.24. The zero-order chi connectivity index (χ0) is 15.1. The first-order valence-corrected chi connectivity index (χ1v) is 7.24. The van der Waals surface area contributed by atoms with Crippen LogP contribution in [0.4, 0.5) is 0 Å². The van der Waals surface area contributed by atoms with E-state index >= 15 is 0 Å². The van der Waals surface area contributed by atoms with Crippen LogP contribution in [0.15, 0.2) is 48.5 Å². The fraction of sp³-hybridized carbons (Fsp3) is 0.333. The second kappa shape index (κ2) is 7.81. The molecule has 0 aliphatic rings. The van der Waals surface area contributed by atoms with Gasteiger partial charge in [-0.3, -0.25) is 0 Å². The zero-order valence-corrected chi connectivity index (χ0v) is 12.7. The van der Waals surface area contributed by atoms with Crippen LogP contribution < -0.4 is 10.5 Å². The molecule has 3 nitrogen and oxygen atoms in total. The number of rotatable bonds is 7. The van der Waals surface area contributed by atoms with Gasteiger partial charge in [-0.25, -0.2) is 0 Å². The number of ether oxygens (including phenoxy) is 2. The van der Waals surface area contributed by atoms with E-state index in [9.17, 15) is 0 Å². The molecule has 0 amide bonds. The van der Waals surface area contributed by atoms with Crippen LogP contribution in [0, 0.1) is 6.92 Å². The second-order valence-electron chi connectivity index (χ2n) is 5.14. The molecule has 1 atom stereocenters. The Bertz CT molecular complexity index is 551. The molecular formula is C18H23NO2. The Hall–Kier alpha value is -1.84.